The number of nitrogens with zero attached hydrogens (tertiary/aromatic N) is 6. The van der Waals surface area contributed by atoms with E-state index in [0.29, 0.717) is 51.5 Å². The molecule has 1 aromatic carbocycles. The molecule has 210 valence electrons. The minimum Gasteiger partial charge on any atom is -0.496 e. The number of benzene rings is 1. The summed E-state index contributed by atoms with van der Waals surface area (Å²) in [5.74, 6) is -0.268. The molecule has 12 nitrogen and oxygen atoms in total. The zero-order chi connectivity index (χ0) is 28.8. The number of carbonyl (C=O) groups excluding carboxylic acids is 1. The molecule has 1 saturated heterocycles. The number of halogens is 1. The van der Waals surface area contributed by atoms with Gasteiger partial charge in [0.25, 0.3) is 5.56 Å². The second kappa shape index (κ2) is 12.7. The zero-order valence-corrected chi connectivity index (χ0v) is 22.8. The SMILES string of the molecule is COc1ccc(F)cc1CCn1c(=O)n(C2CCCNC2=O)c(=O)c2c(C)c(-n3nccn3)sc21.N#CCCO. The third-order valence-corrected chi connectivity index (χ3v) is 7.74. The van der Waals surface area contributed by atoms with E-state index in [1.165, 1.54) is 58.4 Å². The molecule has 1 amide bonds. The number of carbonyl (C=O) groups is 1. The third kappa shape index (κ3) is 5.65. The van der Waals surface area contributed by atoms with Gasteiger partial charge in [0.2, 0.25) is 5.91 Å². The first-order valence-corrected chi connectivity index (χ1v) is 13.4. The van der Waals surface area contributed by atoms with E-state index >= 15 is 0 Å². The van der Waals surface area contributed by atoms with E-state index < -0.39 is 23.1 Å². The fourth-order valence-corrected chi connectivity index (χ4v) is 5.80. The summed E-state index contributed by atoms with van der Waals surface area (Å²) in [7, 11) is 1.50. The number of nitrogens with one attached hydrogen (secondary N) is 1. The van der Waals surface area contributed by atoms with Gasteiger partial charge in [-0.25, -0.2) is 13.8 Å². The monoisotopic (exact) mass is 569 g/mol. The van der Waals surface area contributed by atoms with Gasteiger partial charge in [-0.05, 0) is 49.9 Å². The average molecular weight is 570 g/mol. The fraction of sp³-hybridized carbons (Fsp3) is 0.385. The number of hydrogen-bond donors (Lipinski definition) is 2. The number of piperidine rings is 1. The summed E-state index contributed by atoms with van der Waals surface area (Å²) >= 11 is 1.22. The van der Waals surface area contributed by atoms with Crippen LogP contribution >= 0.6 is 11.3 Å². The number of ether oxygens (including phenoxy) is 1. The fourth-order valence-electron chi connectivity index (χ4n) is 4.56. The lowest BCUT2D eigenvalue weighted by Gasteiger charge is -2.24. The second-order valence-corrected chi connectivity index (χ2v) is 9.90. The molecule has 0 radical (unpaired) electrons. The lowest BCUT2D eigenvalue weighted by Crippen LogP contribution is -2.49. The minimum atomic E-state index is -0.895. The van der Waals surface area contributed by atoms with Gasteiger partial charge in [-0.2, -0.15) is 15.5 Å². The number of aliphatic hydroxyl groups is 1. The van der Waals surface area contributed by atoms with Crippen LogP contribution in [0.5, 0.6) is 5.75 Å². The van der Waals surface area contributed by atoms with E-state index in [1.54, 1.807) is 13.0 Å². The van der Waals surface area contributed by atoms with Gasteiger partial charge in [-0.3, -0.25) is 14.2 Å². The van der Waals surface area contributed by atoms with Crippen LogP contribution < -0.4 is 21.3 Å². The molecule has 2 N–H and O–H groups in total. The molecule has 40 heavy (non-hydrogen) atoms. The summed E-state index contributed by atoms with van der Waals surface area (Å²) in [5.41, 5.74) is 0.108. The molecule has 1 unspecified atom stereocenters. The Morgan fingerprint density at radius 1 is 1.27 bits per heavy atom. The van der Waals surface area contributed by atoms with Crippen LogP contribution in [0, 0.1) is 24.1 Å². The van der Waals surface area contributed by atoms with E-state index in [0.717, 1.165) is 4.57 Å². The summed E-state index contributed by atoms with van der Waals surface area (Å²) in [6.45, 7) is 2.41. The summed E-state index contributed by atoms with van der Waals surface area (Å²) in [6.07, 6.45) is 4.62. The van der Waals surface area contributed by atoms with Gasteiger partial charge < -0.3 is 15.2 Å². The van der Waals surface area contributed by atoms with Crippen molar-refractivity contribution in [2.45, 2.75) is 45.2 Å². The maximum atomic E-state index is 13.9. The molecule has 1 fully saturated rings. The first kappa shape index (κ1) is 28.7. The van der Waals surface area contributed by atoms with Gasteiger partial charge in [0, 0.05) is 18.7 Å². The maximum absolute atomic E-state index is 13.9. The van der Waals surface area contributed by atoms with Crippen molar-refractivity contribution in [3.05, 3.63) is 68.4 Å². The van der Waals surface area contributed by atoms with Gasteiger partial charge in [-0.15, -0.1) is 4.80 Å². The predicted octanol–water partition coefficient (Wildman–Crippen LogP) is 1.85. The molecule has 4 heterocycles. The Labute approximate surface area is 231 Å². The number of hydrogen-bond acceptors (Lipinski definition) is 9. The highest BCUT2D eigenvalue weighted by molar-refractivity contribution is 7.21. The Kier molecular flexibility index (Phi) is 9.08. The van der Waals surface area contributed by atoms with Crippen molar-refractivity contribution < 1.29 is 19.0 Å². The van der Waals surface area contributed by atoms with Crippen LogP contribution in [-0.4, -0.2) is 55.4 Å². The first-order valence-electron chi connectivity index (χ1n) is 12.5. The number of aliphatic hydroxyl groups excluding tert-OH is 1. The van der Waals surface area contributed by atoms with Gasteiger partial charge in [0.15, 0.2) is 0 Å². The van der Waals surface area contributed by atoms with Crippen molar-refractivity contribution in [1.29, 1.82) is 5.26 Å². The summed E-state index contributed by atoms with van der Waals surface area (Å²) in [4.78, 5) is 41.8. The third-order valence-electron chi connectivity index (χ3n) is 6.46. The Morgan fingerprint density at radius 2 is 2.02 bits per heavy atom. The molecule has 1 aliphatic rings. The van der Waals surface area contributed by atoms with Gasteiger partial charge in [0.05, 0.1) is 44.0 Å². The summed E-state index contributed by atoms with van der Waals surface area (Å²) in [6, 6.07) is 5.08. The topological polar surface area (TPSA) is 157 Å². The first-order chi connectivity index (χ1) is 19.3. The lowest BCUT2D eigenvalue weighted by molar-refractivity contribution is -0.126. The number of nitriles is 1. The number of thiophene rings is 1. The molecular weight excluding hydrogens is 541 g/mol. The maximum Gasteiger partial charge on any atom is 0.332 e. The lowest BCUT2D eigenvalue weighted by atomic mass is 10.1. The van der Waals surface area contributed by atoms with Gasteiger partial charge in [0.1, 0.15) is 27.4 Å². The number of aryl methyl sites for hydroxylation is 3. The molecule has 14 heteroatoms. The van der Waals surface area contributed by atoms with Crippen LogP contribution in [-0.2, 0) is 17.8 Å². The molecule has 1 atom stereocenters. The van der Waals surface area contributed by atoms with Crippen molar-refractivity contribution in [2.24, 2.45) is 0 Å². The van der Waals surface area contributed by atoms with Gasteiger partial charge in [-0.1, -0.05) is 11.3 Å². The minimum absolute atomic E-state index is 0.0174. The molecule has 0 spiro atoms. The Balaban J connectivity index is 0.000000681. The number of amides is 1. The van der Waals surface area contributed by atoms with Crippen LogP contribution in [0.15, 0.2) is 40.2 Å². The molecule has 5 rings (SSSR count). The van der Waals surface area contributed by atoms with E-state index in [1.807, 2.05) is 0 Å². The van der Waals surface area contributed by atoms with Crippen molar-refractivity contribution in [3.63, 3.8) is 0 Å². The molecule has 0 aliphatic carbocycles. The standard InChI is InChI=1S/C23H23FN6O4S.C3H5NO/c1-13-18-20(32)29(16-4-3-8-25-19(16)31)23(33)28(22(18)35-21(13)30-26-9-10-27-30)11-7-14-12-15(24)5-6-17(14)34-2;4-2-1-3-5/h5-6,9-10,12,16H,3-4,7-8,11H2,1-2H3,(H,25,31);5H,1,3H2. The molecule has 3 aromatic heterocycles. The normalized spacial score (nSPS) is 14.8. The molecule has 0 saturated carbocycles. The molecular formula is C26H28FN7O5S. The Hall–Kier alpha value is -4.35. The number of aromatic nitrogens is 5. The Bertz CT molecular complexity index is 1670. The zero-order valence-electron chi connectivity index (χ0n) is 22.0. The number of fused-ring (bicyclic) bond motifs is 1. The van der Waals surface area contributed by atoms with E-state index in [-0.39, 0.29) is 31.9 Å². The highest BCUT2D eigenvalue weighted by Crippen LogP contribution is 2.31. The van der Waals surface area contributed by atoms with Crippen LogP contribution in [0.25, 0.3) is 15.2 Å². The molecule has 1 aliphatic heterocycles. The van der Waals surface area contributed by atoms with Crippen LogP contribution in [0.1, 0.15) is 36.4 Å². The molecule has 4 aromatic rings. The van der Waals surface area contributed by atoms with Crippen LogP contribution in [0.3, 0.4) is 0 Å². The largest absolute Gasteiger partial charge is 0.496 e. The van der Waals surface area contributed by atoms with E-state index in [2.05, 4.69) is 15.5 Å². The van der Waals surface area contributed by atoms with Gasteiger partial charge >= 0.3 is 5.69 Å². The Morgan fingerprint density at radius 3 is 2.65 bits per heavy atom. The predicted molar refractivity (Wildman–Crippen MR) is 145 cm³/mol. The average Bonchev–Trinajstić information content (AvgIpc) is 3.59. The summed E-state index contributed by atoms with van der Waals surface area (Å²) in [5, 5.41) is 27.5. The van der Waals surface area contributed by atoms with E-state index in [4.69, 9.17) is 15.1 Å². The van der Waals surface area contributed by atoms with Crippen LogP contribution in [0.2, 0.25) is 0 Å². The van der Waals surface area contributed by atoms with Crippen molar-refractivity contribution in [3.8, 4) is 16.8 Å². The quantitative estimate of drug-likeness (QED) is 0.341. The smallest absolute Gasteiger partial charge is 0.332 e. The highest BCUT2D eigenvalue weighted by Gasteiger charge is 2.30. The van der Waals surface area contributed by atoms with Crippen molar-refractivity contribution in [1.82, 2.24) is 29.4 Å². The second-order valence-electron chi connectivity index (χ2n) is 8.93. The van der Waals surface area contributed by atoms with E-state index in [9.17, 15) is 18.8 Å². The van der Waals surface area contributed by atoms with Crippen LogP contribution in [0.4, 0.5) is 4.39 Å². The highest BCUT2D eigenvalue weighted by atomic mass is 32.1. The number of methoxy groups -OCH3 is 1. The molecule has 0 bridgehead atoms. The van der Waals surface area contributed by atoms with Crippen molar-refractivity contribution >= 4 is 27.5 Å². The summed E-state index contributed by atoms with van der Waals surface area (Å²) < 4.78 is 21.8. The van der Waals surface area contributed by atoms with Crippen molar-refractivity contribution in [2.75, 3.05) is 20.3 Å². The number of rotatable bonds is 7.